The number of carboxylic acids is 1. The molecule has 0 radical (unpaired) electrons. The number of rotatable bonds is 13. The van der Waals surface area contributed by atoms with Crippen LogP contribution in [0.4, 0.5) is 31.4 Å². The van der Waals surface area contributed by atoms with Crippen molar-refractivity contribution in [2.75, 3.05) is 75.0 Å². The Kier molecular flexibility index (Phi) is 53.5. The molecule has 3 N–H and O–H groups in total. The maximum atomic E-state index is 12.3. The third-order valence-corrected chi connectivity index (χ3v) is 12.9. The minimum atomic E-state index is -4.00. The van der Waals surface area contributed by atoms with E-state index >= 15 is 0 Å². The van der Waals surface area contributed by atoms with Gasteiger partial charge in [0, 0.05) is 75.5 Å². The molecule has 0 aromatic heterocycles. The van der Waals surface area contributed by atoms with Gasteiger partial charge in [-0.05, 0) is 39.8 Å². The summed E-state index contributed by atoms with van der Waals surface area (Å²) in [5.74, 6) is -2.12. The van der Waals surface area contributed by atoms with Crippen molar-refractivity contribution < 1.29 is 156 Å². The summed E-state index contributed by atoms with van der Waals surface area (Å²) in [7, 11) is 2.17. The molecule has 3 saturated heterocycles. The van der Waals surface area contributed by atoms with E-state index in [-0.39, 0.29) is 147 Å². The first-order valence-corrected chi connectivity index (χ1v) is 27.1. The predicted octanol–water partition coefficient (Wildman–Crippen LogP) is 5.96. The normalized spacial score (nSPS) is 16.7. The van der Waals surface area contributed by atoms with Gasteiger partial charge in [0.05, 0.1) is 93.2 Å². The van der Waals surface area contributed by atoms with Gasteiger partial charge in [-0.25, -0.2) is 28.8 Å². The third-order valence-electron chi connectivity index (χ3n) is 11.5. The zero-order chi connectivity index (χ0) is 64.2. The van der Waals surface area contributed by atoms with E-state index in [4.69, 9.17) is 23.9 Å². The molecule has 0 bridgehead atoms. The summed E-state index contributed by atoms with van der Waals surface area (Å²) in [4.78, 5) is 101. The first kappa shape index (κ1) is 94.8. The number of para-hydroxylation sites is 3. The maximum Gasteiger partial charge on any atom is 1.00 e. The Hall–Kier alpha value is -7.31. The van der Waals surface area contributed by atoms with E-state index in [1.807, 2.05) is 20.8 Å². The molecule has 7 rings (SSSR count). The number of carbonyl (C=O) groups excluding carboxylic acids is 5. The minimum Gasteiger partial charge on any atom is -0.870 e. The Bertz CT molecular complexity index is 2670. The largest absolute Gasteiger partial charge is 1.00 e. The van der Waals surface area contributed by atoms with Crippen molar-refractivity contribution in [1.29, 1.82) is 0 Å². The van der Waals surface area contributed by atoms with Crippen LogP contribution in [0, 0.1) is 37.3 Å². The van der Waals surface area contributed by atoms with Crippen molar-refractivity contribution in [2.24, 2.45) is 0 Å². The van der Waals surface area contributed by atoms with E-state index in [1.165, 1.54) is 93.9 Å². The van der Waals surface area contributed by atoms with E-state index < -0.39 is 85.3 Å². The number of hydrogen-bond donors (Lipinski definition) is 2. The van der Waals surface area contributed by atoms with Crippen LogP contribution in [-0.4, -0.2) is 201 Å². The standard InChI is InChI=1S/C15H19NO7S.C10H17NO5.C9H15NO5.3C6H5NO2.C2H6O.4CH4.K.H2O/c1-10-4-6-12(7-5-10)24(19,20)23-11-8-13(14(17)21-2)16(9-11)15(18)22-3;1-4-16-7-5-8(9(12)14-2)11(6-7)10(13)15-3;1-3-15-6-4-7(8(11)12)10(5-6)9(13)14-2;3*8-7(9)6-4-2-1-3-5-6;1-2-3;;;;;;/h4-7,11,13H,8-9H2,1-3H3;7-8H,4-6H2,1-3H3;6-7H,3-5H2,1-2H3,(H,11,12);3*1-5H;3H,2H2,1H3;4*1H4;;1H2/q;;;;;;;;;;;+1;/p-1. The number of hydrogen-bond acceptors (Lipinski definition) is 24. The number of carboxylic acid groups (broad SMARTS) is 1. The van der Waals surface area contributed by atoms with E-state index in [2.05, 4.69) is 23.7 Å². The molecule has 0 spiro atoms. The zero-order valence-electron chi connectivity index (χ0n) is 49.7. The number of amides is 3. The summed E-state index contributed by atoms with van der Waals surface area (Å²) in [5, 5.41) is 46.5. The number of nitrogens with zero attached hydrogens (tertiary/aromatic N) is 6. The number of non-ortho nitro benzene ring substituents is 3. The van der Waals surface area contributed by atoms with Gasteiger partial charge in [0.15, 0.2) is 0 Å². The van der Waals surface area contributed by atoms with Gasteiger partial charge in [-0.3, -0.25) is 49.2 Å². The summed E-state index contributed by atoms with van der Waals surface area (Å²) in [6.45, 7) is 9.07. The quantitative estimate of drug-likeness (QED) is 0.0389. The van der Waals surface area contributed by atoms with Gasteiger partial charge in [0.2, 0.25) is 0 Å². The molecule has 3 aliphatic rings. The number of aliphatic hydroxyl groups excluding tert-OH is 1. The average Bonchev–Trinajstić information content (AvgIpc) is 4.31. The van der Waals surface area contributed by atoms with E-state index in [9.17, 15) is 67.5 Å². The number of likely N-dealkylation sites (tertiary alicyclic amines) is 3. The second-order valence-corrected chi connectivity index (χ2v) is 18.8. The first-order valence-electron chi connectivity index (χ1n) is 25.7. The molecular weight excluding hydrogens is 1250 g/mol. The summed E-state index contributed by atoms with van der Waals surface area (Å²) < 4.78 is 63.5. The molecule has 33 heteroatoms. The molecule has 0 saturated carbocycles. The van der Waals surface area contributed by atoms with Crippen LogP contribution in [0.15, 0.2) is 120 Å². The van der Waals surface area contributed by atoms with Crippen LogP contribution in [-0.2, 0) is 61.8 Å². The Balaban J connectivity index is -0.000000241. The van der Waals surface area contributed by atoms with Crippen LogP contribution in [0.25, 0.3) is 0 Å². The molecular formula is C58H89KN6O25S. The second-order valence-electron chi connectivity index (χ2n) is 17.2. The molecule has 0 aliphatic carbocycles. The molecule has 3 fully saturated rings. The number of aryl methyl sites for hydroxylation is 1. The van der Waals surface area contributed by atoms with Gasteiger partial charge < -0.3 is 48.8 Å². The van der Waals surface area contributed by atoms with Gasteiger partial charge in [0.1, 0.15) is 18.1 Å². The van der Waals surface area contributed by atoms with Crippen molar-refractivity contribution in [3.63, 3.8) is 0 Å². The van der Waals surface area contributed by atoms with Gasteiger partial charge in [-0.15, -0.1) is 0 Å². The number of benzene rings is 4. The number of aliphatic carboxylic acids is 1. The van der Waals surface area contributed by atoms with Crippen LogP contribution < -0.4 is 51.4 Å². The van der Waals surface area contributed by atoms with E-state index in [1.54, 1.807) is 73.7 Å². The van der Waals surface area contributed by atoms with Crippen LogP contribution >= 0.6 is 0 Å². The molecule has 4 aromatic carbocycles. The topological polar surface area (TPSA) is 420 Å². The fourth-order valence-corrected chi connectivity index (χ4v) is 8.75. The molecule has 3 aliphatic heterocycles. The Morgan fingerprint density at radius 3 is 1.03 bits per heavy atom. The molecule has 6 unspecified atom stereocenters. The number of ether oxygens (including phenoxy) is 7. The third kappa shape index (κ3) is 34.1. The maximum absolute atomic E-state index is 12.3. The van der Waals surface area contributed by atoms with Crippen LogP contribution in [0.3, 0.4) is 0 Å². The number of aliphatic hydroxyl groups is 1. The molecule has 3 heterocycles. The van der Waals surface area contributed by atoms with E-state index in [0.717, 1.165) is 10.5 Å². The minimum absolute atomic E-state index is 0. The molecule has 91 heavy (non-hydrogen) atoms. The summed E-state index contributed by atoms with van der Waals surface area (Å²) >= 11 is 0. The molecule has 31 nitrogen and oxygen atoms in total. The molecule has 508 valence electrons. The number of esters is 2. The number of nitro groups is 3. The molecule has 4 aromatic rings. The van der Waals surface area contributed by atoms with Crippen molar-refractivity contribution in [2.45, 2.75) is 118 Å². The van der Waals surface area contributed by atoms with Gasteiger partial charge >= 0.3 is 87.6 Å². The van der Waals surface area contributed by atoms with Crippen LogP contribution in [0.2, 0.25) is 0 Å². The number of carbonyl (C=O) groups is 6. The van der Waals surface area contributed by atoms with Crippen molar-refractivity contribution >= 4 is 63.4 Å². The van der Waals surface area contributed by atoms with Crippen molar-refractivity contribution in [3.05, 3.63) is 151 Å². The van der Waals surface area contributed by atoms with Gasteiger partial charge in [0.25, 0.3) is 27.2 Å². The molecule has 3 amide bonds. The summed E-state index contributed by atoms with van der Waals surface area (Å²) in [6.07, 6.45) is -2.32. The monoisotopic (exact) mass is 1340 g/mol. The number of methoxy groups -OCH3 is 5. The summed E-state index contributed by atoms with van der Waals surface area (Å²) in [6, 6.07) is 27.6. The Morgan fingerprint density at radius 2 is 0.780 bits per heavy atom. The SMILES string of the molecule is C.C.C.C.CCO.CCOC1CC(C(=O)O)N(C(=O)OC)C1.CCOC1CC(C(=O)OC)N(C(=O)OC)C1.COC(=O)C1CC(OS(=O)(=O)c2ccc(C)cc2)CN1C(=O)OC.O=[N+]([O-])c1ccccc1.O=[N+]([O-])c1ccccc1.O=[N+]([O-])c1ccccc1.[K+].[OH-]. The van der Waals surface area contributed by atoms with Crippen molar-refractivity contribution in [3.8, 4) is 0 Å². The van der Waals surface area contributed by atoms with E-state index in [0.29, 0.717) is 32.6 Å². The van der Waals surface area contributed by atoms with Gasteiger partial charge in [-0.1, -0.05) is 102 Å². The smallest absolute Gasteiger partial charge is 0.870 e. The Labute approximate surface area is 574 Å². The van der Waals surface area contributed by atoms with Crippen LogP contribution in [0.1, 0.15) is 75.3 Å². The fourth-order valence-electron chi connectivity index (χ4n) is 7.67. The molecule has 6 atom stereocenters. The average molecular weight is 1340 g/mol. The summed E-state index contributed by atoms with van der Waals surface area (Å²) in [5.41, 5.74) is 1.32. The number of nitro benzene ring substituents is 3. The fraction of sp³-hybridized carbons (Fsp3) is 0.483. The van der Waals surface area contributed by atoms with Gasteiger partial charge in [-0.2, -0.15) is 8.42 Å². The van der Waals surface area contributed by atoms with Crippen LogP contribution in [0.5, 0.6) is 0 Å². The zero-order valence-corrected chi connectivity index (χ0v) is 53.7. The van der Waals surface area contributed by atoms with Crippen molar-refractivity contribution in [1.82, 2.24) is 14.7 Å². The predicted molar refractivity (Wildman–Crippen MR) is 329 cm³/mol. The Morgan fingerprint density at radius 1 is 0.505 bits per heavy atom. The second kappa shape index (κ2) is 51.3. The first-order chi connectivity index (χ1) is 40.3.